The Bertz CT molecular complexity index is 814. The number of benzene rings is 3. The molecule has 26 heavy (non-hydrogen) atoms. The maximum Gasteiger partial charge on any atom is 0.253 e. The fourth-order valence-electron chi connectivity index (χ4n) is 2.77. The first-order valence-electron chi connectivity index (χ1n) is 8.78. The molecule has 3 aromatic carbocycles. The van der Waals surface area contributed by atoms with E-state index in [0.29, 0.717) is 18.7 Å². The first kappa shape index (κ1) is 17.7. The van der Waals surface area contributed by atoms with Gasteiger partial charge in [0.05, 0.1) is 6.61 Å². The maximum atomic E-state index is 12.5. The van der Waals surface area contributed by atoms with Crippen molar-refractivity contribution in [3.8, 4) is 5.75 Å². The molecule has 0 atom stereocenters. The average Bonchev–Trinajstić information content (AvgIpc) is 2.69. The summed E-state index contributed by atoms with van der Waals surface area (Å²) in [4.78, 5) is 14.3. The van der Waals surface area contributed by atoms with E-state index in [9.17, 15) is 4.79 Å². The summed E-state index contributed by atoms with van der Waals surface area (Å²) in [6, 6.07) is 27.6. The zero-order chi connectivity index (χ0) is 18.2. The van der Waals surface area contributed by atoms with Crippen LogP contribution in [0.15, 0.2) is 84.9 Å². The molecule has 0 N–H and O–H groups in total. The van der Waals surface area contributed by atoms with Crippen molar-refractivity contribution in [2.45, 2.75) is 13.0 Å². The second kappa shape index (κ2) is 8.86. The van der Waals surface area contributed by atoms with Crippen molar-refractivity contribution in [1.82, 2.24) is 4.90 Å². The van der Waals surface area contributed by atoms with Gasteiger partial charge in [-0.1, -0.05) is 60.7 Å². The molecule has 0 saturated heterocycles. The second-order valence-electron chi connectivity index (χ2n) is 6.26. The van der Waals surface area contributed by atoms with Crippen LogP contribution in [0.3, 0.4) is 0 Å². The van der Waals surface area contributed by atoms with Gasteiger partial charge in [0, 0.05) is 25.6 Å². The molecule has 3 rings (SSSR count). The van der Waals surface area contributed by atoms with Gasteiger partial charge in [-0.25, -0.2) is 0 Å². The van der Waals surface area contributed by atoms with Crippen molar-refractivity contribution in [3.63, 3.8) is 0 Å². The molecule has 3 nitrogen and oxygen atoms in total. The lowest BCUT2D eigenvalue weighted by atomic mass is 10.1. The van der Waals surface area contributed by atoms with Crippen LogP contribution in [-0.2, 0) is 13.0 Å². The fourth-order valence-corrected chi connectivity index (χ4v) is 2.77. The minimum absolute atomic E-state index is 0.00434. The van der Waals surface area contributed by atoms with Crippen molar-refractivity contribution < 1.29 is 9.53 Å². The van der Waals surface area contributed by atoms with Gasteiger partial charge in [0.15, 0.2) is 0 Å². The molecule has 3 heteroatoms. The molecule has 132 valence electrons. The van der Waals surface area contributed by atoms with E-state index >= 15 is 0 Å². The van der Waals surface area contributed by atoms with E-state index in [-0.39, 0.29) is 5.91 Å². The van der Waals surface area contributed by atoms with E-state index in [1.165, 1.54) is 5.56 Å². The number of carbonyl (C=O) groups is 1. The molecule has 0 unspecified atom stereocenters. The molecule has 0 aliphatic rings. The summed E-state index contributed by atoms with van der Waals surface area (Å²) in [6.07, 6.45) is 0.862. The molecule has 0 heterocycles. The van der Waals surface area contributed by atoms with Crippen molar-refractivity contribution >= 4 is 5.91 Å². The van der Waals surface area contributed by atoms with Crippen LogP contribution in [0.5, 0.6) is 5.75 Å². The van der Waals surface area contributed by atoms with Gasteiger partial charge in [-0.05, 0) is 35.4 Å². The lowest BCUT2D eigenvalue weighted by Crippen LogP contribution is -2.26. The van der Waals surface area contributed by atoms with E-state index in [1.807, 2.05) is 79.8 Å². The van der Waals surface area contributed by atoms with Gasteiger partial charge in [-0.2, -0.15) is 0 Å². The van der Waals surface area contributed by atoms with E-state index in [2.05, 4.69) is 12.1 Å². The van der Waals surface area contributed by atoms with Crippen LogP contribution in [0, 0.1) is 0 Å². The highest BCUT2D eigenvalue weighted by molar-refractivity contribution is 5.94. The summed E-state index contributed by atoms with van der Waals surface area (Å²) in [5.74, 6) is 0.785. The Kier molecular flexibility index (Phi) is 6.05. The Balaban J connectivity index is 1.52. The lowest BCUT2D eigenvalue weighted by Gasteiger charge is -2.17. The average molecular weight is 345 g/mol. The highest BCUT2D eigenvalue weighted by Gasteiger charge is 2.12. The summed E-state index contributed by atoms with van der Waals surface area (Å²) in [5.41, 5.74) is 3.03. The summed E-state index contributed by atoms with van der Waals surface area (Å²) < 4.78 is 5.78. The highest BCUT2D eigenvalue weighted by atomic mass is 16.5. The summed E-state index contributed by atoms with van der Waals surface area (Å²) in [7, 11) is 1.82. The van der Waals surface area contributed by atoms with Crippen LogP contribution < -0.4 is 4.74 Å². The van der Waals surface area contributed by atoms with Crippen molar-refractivity contribution in [2.75, 3.05) is 13.7 Å². The van der Waals surface area contributed by atoms with Gasteiger partial charge >= 0.3 is 0 Å². The van der Waals surface area contributed by atoms with Crippen LogP contribution in [0.1, 0.15) is 21.5 Å². The van der Waals surface area contributed by atoms with Gasteiger partial charge in [0.1, 0.15) is 5.75 Å². The monoisotopic (exact) mass is 345 g/mol. The van der Waals surface area contributed by atoms with Gasteiger partial charge in [-0.3, -0.25) is 4.79 Å². The van der Waals surface area contributed by atoms with Crippen LogP contribution in [0.4, 0.5) is 0 Å². The Hall–Kier alpha value is -3.07. The smallest absolute Gasteiger partial charge is 0.253 e. The van der Waals surface area contributed by atoms with Crippen molar-refractivity contribution in [3.05, 3.63) is 102 Å². The molecule has 0 aromatic heterocycles. The number of carbonyl (C=O) groups excluding carboxylic acids is 1. The molecule has 0 aliphatic heterocycles. The van der Waals surface area contributed by atoms with Crippen molar-refractivity contribution in [2.24, 2.45) is 0 Å². The zero-order valence-corrected chi connectivity index (χ0v) is 15.0. The number of nitrogens with zero attached hydrogens (tertiary/aromatic N) is 1. The second-order valence-corrected chi connectivity index (χ2v) is 6.26. The first-order valence-corrected chi connectivity index (χ1v) is 8.78. The van der Waals surface area contributed by atoms with Gasteiger partial charge in [0.25, 0.3) is 5.91 Å². The third-order valence-electron chi connectivity index (χ3n) is 4.21. The largest absolute Gasteiger partial charge is 0.493 e. The molecule has 0 fully saturated rings. The molecule has 0 saturated carbocycles. The van der Waals surface area contributed by atoms with Gasteiger partial charge in [0.2, 0.25) is 0 Å². The summed E-state index contributed by atoms with van der Waals surface area (Å²) >= 11 is 0. The molecular weight excluding hydrogens is 322 g/mol. The zero-order valence-electron chi connectivity index (χ0n) is 15.0. The third-order valence-corrected chi connectivity index (χ3v) is 4.21. The Morgan fingerprint density at radius 1 is 0.808 bits per heavy atom. The molecule has 0 aliphatic carbocycles. The summed E-state index contributed by atoms with van der Waals surface area (Å²) in [6.45, 7) is 1.21. The molecule has 0 spiro atoms. The molecule has 1 amide bonds. The summed E-state index contributed by atoms with van der Waals surface area (Å²) in [5, 5.41) is 0. The SMILES string of the molecule is CN(Cc1ccccc1)C(=O)c1ccc(OCCc2ccccc2)cc1. The number of rotatable bonds is 7. The van der Waals surface area contributed by atoms with Crippen LogP contribution >= 0.6 is 0 Å². The van der Waals surface area contributed by atoms with Crippen molar-refractivity contribution in [1.29, 1.82) is 0 Å². The standard InChI is InChI=1S/C23H23NO2/c1-24(18-20-10-6-3-7-11-20)23(25)21-12-14-22(15-13-21)26-17-16-19-8-4-2-5-9-19/h2-15H,16-18H2,1H3. The molecule has 0 radical (unpaired) electrons. The predicted molar refractivity (Wildman–Crippen MR) is 104 cm³/mol. The first-order chi connectivity index (χ1) is 12.7. The number of hydrogen-bond acceptors (Lipinski definition) is 2. The number of hydrogen-bond donors (Lipinski definition) is 0. The normalized spacial score (nSPS) is 10.3. The van der Waals surface area contributed by atoms with Crippen LogP contribution in [-0.4, -0.2) is 24.5 Å². The van der Waals surface area contributed by atoms with E-state index in [1.54, 1.807) is 4.90 Å². The quantitative estimate of drug-likeness (QED) is 0.627. The number of amides is 1. The third kappa shape index (κ3) is 4.96. The van der Waals surface area contributed by atoms with Crippen LogP contribution in [0.25, 0.3) is 0 Å². The van der Waals surface area contributed by atoms with Gasteiger partial charge in [-0.15, -0.1) is 0 Å². The fraction of sp³-hybridized carbons (Fsp3) is 0.174. The van der Waals surface area contributed by atoms with E-state index in [4.69, 9.17) is 4.74 Å². The number of ether oxygens (including phenoxy) is 1. The molecular formula is C23H23NO2. The van der Waals surface area contributed by atoms with Gasteiger partial charge < -0.3 is 9.64 Å². The van der Waals surface area contributed by atoms with E-state index in [0.717, 1.165) is 17.7 Å². The lowest BCUT2D eigenvalue weighted by molar-refractivity contribution is 0.0785. The minimum Gasteiger partial charge on any atom is -0.493 e. The Morgan fingerprint density at radius 2 is 1.38 bits per heavy atom. The topological polar surface area (TPSA) is 29.5 Å². The maximum absolute atomic E-state index is 12.5. The predicted octanol–water partition coefficient (Wildman–Crippen LogP) is 4.58. The highest BCUT2D eigenvalue weighted by Crippen LogP contribution is 2.15. The molecule has 0 bridgehead atoms. The minimum atomic E-state index is 0.00434. The Morgan fingerprint density at radius 3 is 2.00 bits per heavy atom. The molecule has 3 aromatic rings. The van der Waals surface area contributed by atoms with Crippen LogP contribution in [0.2, 0.25) is 0 Å². The van der Waals surface area contributed by atoms with E-state index < -0.39 is 0 Å². The Labute approximate surface area is 154 Å².